The molecule has 0 bridgehead atoms. The maximum atomic E-state index is 13.8. The molecule has 0 unspecified atom stereocenters. The lowest BCUT2D eigenvalue weighted by atomic mass is 10.0. The predicted octanol–water partition coefficient (Wildman–Crippen LogP) is 4.51. The van der Waals surface area contributed by atoms with Crippen molar-refractivity contribution in [2.45, 2.75) is 63.2 Å². The van der Waals surface area contributed by atoms with Crippen molar-refractivity contribution < 1.29 is 22.8 Å². The predicted molar refractivity (Wildman–Crippen MR) is 150 cm³/mol. The van der Waals surface area contributed by atoms with Gasteiger partial charge in [0.15, 0.2) is 0 Å². The third-order valence-corrected chi connectivity index (χ3v) is 8.44. The molecule has 3 fully saturated rings. The summed E-state index contributed by atoms with van der Waals surface area (Å²) in [6.07, 6.45) is 1.89. The number of carbonyl (C=O) groups is 2. The van der Waals surface area contributed by atoms with Crippen LogP contribution in [0.15, 0.2) is 30.5 Å². The maximum Gasteiger partial charge on any atom is 0.421 e. The molecule has 2 atom stereocenters. The van der Waals surface area contributed by atoms with E-state index in [0.29, 0.717) is 43.0 Å². The van der Waals surface area contributed by atoms with Gasteiger partial charge in [0.2, 0.25) is 11.9 Å². The molecule has 1 aromatic heterocycles. The Hall–Kier alpha value is -3.41. The van der Waals surface area contributed by atoms with E-state index in [9.17, 15) is 22.8 Å². The number of hydrogen-bond acceptors (Lipinski definition) is 7. The quantitative estimate of drug-likeness (QED) is 0.406. The Bertz CT molecular complexity index is 1230. The van der Waals surface area contributed by atoms with E-state index in [1.54, 1.807) is 29.2 Å². The fourth-order valence-corrected chi connectivity index (χ4v) is 5.59. The summed E-state index contributed by atoms with van der Waals surface area (Å²) in [4.78, 5) is 37.6. The van der Waals surface area contributed by atoms with Gasteiger partial charge in [-0.3, -0.25) is 9.59 Å². The van der Waals surface area contributed by atoms with Crippen LogP contribution in [0.3, 0.4) is 0 Å². The molecule has 3 aliphatic rings. The summed E-state index contributed by atoms with van der Waals surface area (Å²) >= 11 is 0. The lowest BCUT2D eigenvalue weighted by Gasteiger charge is -2.35. The van der Waals surface area contributed by atoms with Crippen LogP contribution in [-0.2, 0) is 11.0 Å². The van der Waals surface area contributed by atoms with Crippen LogP contribution < -0.4 is 16.0 Å². The number of rotatable bonds is 9. The monoisotopic (exact) mass is 573 g/mol. The molecule has 0 radical (unpaired) electrons. The zero-order valence-electron chi connectivity index (χ0n) is 23.5. The fourth-order valence-electron chi connectivity index (χ4n) is 5.59. The number of likely N-dealkylation sites (tertiary alicyclic amines) is 1. The average Bonchev–Trinajstić information content (AvgIpc) is 3.67. The lowest BCUT2D eigenvalue weighted by molar-refractivity contribution is -0.137. The summed E-state index contributed by atoms with van der Waals surface area (Å²) in [7, 11) is 3.90. The minimum atomic E-state index is -4.64. The summed E-state index contributed by atoms with van der Waals surface area (Å²) in [5.74, 6) is -0.0658. The third kappa shape index (κ3) is 7.46. The normalized spacial score (nSPS) is 21.9. The second-order valence-electron chi connectivity index (χ2n) is 11.6. The highest BCUT2D eigenvalue weighted by molar-refractivity contribution is 5.94. The second-order valence-corrected chi connectivity index (χ2v) is 11.6. The molecule has 3 N–H and O–H groups in total. The van der Waals surface area contributed by atoms with Crippen molar-refractivity contribution in [2.75, 3.05) is 44.4 Å². The highest BCUT2D eigenvalue weighted by atomic mass is 19.4. The second kappa shape index (κ2) is 12.2. The van der Waals surface area contributed by atoms with Crippen molar-refractivity contribution in [2.24, 2.45) is 11.8 Å². The van der Waals surface area contributed by atoms with Gasteiger partial charge in [0.25, 0.3) is 5.91 Å². The molecule has 9 nitrogen and oxygen atoms in total. The first-order valence-corrected chi connectivity index (χ1v) is 14.4. The average molecular weight is 574 g/mol. The molecule has 1 aliphatic heterocycles. The Morgan fingerprint density at radius 2 is 1.76 bits per heavy atom. The number of hydrogen-bond donors (Lipinski definition) is 3. The number of alkyl halides is 3. The van der Waals surface area contributed by atoms with Gasteiger partial charge in [-0.05, 0) is 95.3 Å². The molecule has 2 heterocycles. The molecule has 12 heteroatoms. The molecule has 222 valence electrons. The smallest absolute Gasteiger partial charge is 0.367 e. The van der Waals surface area contributed by atoms with Crippen LogP contribution in [0.25, 0.3) is 0 Å². The Morgan fingerprint density at radius 1 is 1.05 bits per heavy atom. The largest absolute Gasteiger partial charge is 0.421 e. The maximum absolute atomic E-state index is 13.8. The molecule has 2 aliphatic carbocycles. The Morgan fingerprint density at radius 3 is 2.41 bits per heavy atom. The number of aromatic nitrogens is 2. The highest BCUT2D eigenvalue weighted by Gasteiger charge is 2.37. The van der Waals surface area contributed by atoms with E-state index in [-0.39, 0.29) is 41.6 Å². The van der Waals surface area contributed by atoms with Crippen LogP contribution in [-0.4, -0.2) is 77.4 Å². The van der Waals surface area contributed by atoms with Gasteiger partial charge >= 0.3 is 6.18 Å². The summed E-state index contributed by atoms with van der Waals surface area (Å²) in [5, 5.41) is 8.85. The Balaban J connectivity index is 1.22. The summed E-state index contributed by atoms with van der Waals surface area (Å²) in [6, 6.07) is 6.63. The number of benzene rings is 1. The molecule has 1 aromatic carbocycles. The van der Waals surface area contributed by atoms with Gasteiger partial charge in [-0.15, -0.1) is 0 Å². The van der Waals surface area contributed by atoms with Gasteiger partial charge in [0.1, 0.15) is 11.4 Å². The highest BCUT2D eigenvalue weighted by Crippen LogP contribution is 2.36. The molecule has 1 saturated heterocycles. The molecule has 2 aromatic rings. The first kappa shape index (κ1) is 29.1. The van der Waals surface area contributed by atoms with Crippen LogP contribution in [0.1, 0.15) is 60.9 Å². The van der Waals surface area contributed by atoms with Crippen molar-refractivity contribution in [1.82, 2.24) is 25.1 Å². The molecular formula is C29H38F3N7O2. The number of piperidine rings is 1. The Labute approximate surface area is 238 Å². The van der Waals surface area contributed by atoms with Crippen molar-refractivity contribution >= 4 is 29.3 Å². The third-order valence-electron chi connectivity index (χ3n) is 8.44. The van der Waals surface area contributed by atoms with E-state index < -0.39 is 11.7 Å². The van der Waals surface area contributed by atoms with Gasteiger partial charge in [0, 0.05) is 49.0 Å². The van der Waals surface area contributed by atoms with E-state index >= 15 is 0 Å². The van der Waals surface area contributed by atoms with E-state index in [1.807, 2.05) is 7.05 Å². The van der Waals surface area contributed by atoms with Crippen LogP contribution in [0.5, 0.6) is 0 Å². The van der Waals surface area contributed by atoms with Gasteiger partial charge in [-0.2, -0.15) is 18.2 Å². The van der Waals surface area contributed by atoms with E-state index in [1.165, 1.54) is 0 Å². The molecule has 0 spiro atoms. The van der Waals surface area contributed by atoms with E-state index in [2.05, 4.69) is 37.9 Å². The SMILES string of the molecule is CN1CCC(N(C)C(=O)c2ccc(Nc3ncc(C(F)(F)F)c(N[C@@H]4CC[C@H](C(=O)NCC5CC5)C4)n3)cc2)CC1. The first-order valence-electron chi connectivity index (χ1n) is 14.4. The topological polar surface area (TPSA) is 102 Å². The Kier molecular flexibility index (Phi) is 8.67. The van der Waals surface area contributed by atoms with Gasteiger partial charge < -0.3 is 25.8 Å². The van der Waals surface area contributed by atoms with Gasteiger partial charge in [-0.25, -0.2) is 4.98 Å². The van der Waals surface area contributed by atoms with E-state index in [0.717, 1.165) is 45.0 Å². The van der Waals surface area contributed by atoms with Gasteiger partial charge in [-0.1, -0.05) is 0 Å². The number of carbonyl (C=O) groups excluding carboxylic acids is 2. The molecule has 41 heavy (non-hydrogen) atoms. The number of nitrogens with zero attached hydrogens (tertiary/aromatic N) is 4. The van der Waals surface area contributed by atoms with Crippen LogP contribution >= 0.6 is 0 Å². The number of amides is 2. The summed E-state index contributed by atoms with van der Waals surface area (Å²) in [6.45, 7) is 2.58. The zero-order valence-corrected chi connectivity index (χ0v) is 23.5. The first-order chi connectivity index (χ1) is 19.6. The minimum absolute atomic E-state index is 0.000238. The minimum Gasteiger partial charge on any atom is -0.367 e. The summed E-state index contributed by atoms with van der Waals surface area (Å²) < 4.78 is 41.3. The zero-order chi connectivity index (χ0) is 29.1. The molecular weight excluding hydrogens is 535 g/mol. The lowest BCUT2D eigenvalue weighted by Crippen LogP contribution is -2.44. The number of anilines is 3. The standard InChI is InChI=1S/C29H38F3N7O2/c1-38-13-11-23(12-14-38)39(2)27(41)19-5-8-21(9-6-19)36-28-34-17-24(29(30,31)32)25(37-28)35-22-10-7-20(15-22)26(40)33-16-18-3-4-18/h5-6,8-9,17-18,20,22-23H,3-4,7,10-16H2,1-2H3,(H,33,40)(H2,34,35,36,37)/t20-,22+/m0/s1. The van der Waals surface area contributed by atoms with Crippen molar-refractivity contribution in [3.63, 3.8) is 0 Å². The number of nitrogens with one attached hydrogen (secondary N) is 3. The summed E-state index contributed by atoms with van der Waals surface area (Å²) in [5.41, 5.74) is 0.120. The van der Waals surface area contributed by atoms with Crippen LogP contribution in [0.4, 0.5) is 30.6 Å². The van der Waals surface area contributed by atoms with Crippen molar-refractivity contribution in [3.05, 3.63) is 41.6 Å². The fraction of sp³-hybridized carbons (Fsp3) is 0.586. The molecule has 2 amide bonds. The van der Waals surface area contributed by atoms with Crippen molar-refractivity contribution in [3.8, 4) is 0 Å². The number of halogens is 3. The molecule has 2 saturated carbocycles. The van der Waals surface area contributed by atoms with Crippen LogP contribution in [0.2, 0.25) is 0 Å². The van der Waals surface area contributed by atoms with Gasteiger partial charge in [0.05, 0.1) is 0 Å². The van der Waals surface area contributed by atoms with E-state index in [4.69, 9.17) is 0 Å². The van der Waals surface area contributed by atoms with Crippen molar-refractivity contribution in [1.29, 1.82) is 0 Å². The molecule has 5 rings (SSSR count). The van der Waals surface area contributed by atoms with Crippen LogP contribution in [0, 0.1) is 11.8 Å².